The molecule has 1 aromatic rings. The van der Waals surface area contributed by atoms with Gasteiger partial charge in [0.05, 0.1) is 0 Å². The lowest BCUT2D eigenvalue weighted by Gasteiger charge is -1.97. The molecular weight excluding hydrogens is 222 g/mol. The largest absolute Gasteiger partial charge is 0.350 e. The molecule has 0 fully saturated rings. The highest BCUT2D eigenvalue weighted by Gasteiger charge is 2.06. The molecule has 1 heterocycles. The van der Waals surface area contributed by atoms with Crippen molar-refractivity contribution >= 4 is 21.8 Å². The molecule has 1 amide bonds. The first-order valence-corrected chi connectivity index (χ1v) is 4.70. The Hall–Kier alpha value is -0.840. The molecule has 0 radical (unpaired) electrons. The number of alkyl halides is 1. The molecule has 1 N–H and O–H groups in total. The van der Waals surface area contributed by atoms with E-state index in [1.807, 2.05) is 0 Å². The Morgan fingerprint density at radius 3 is 3.08 bits per heavy atom. The van der Waals surface area contributed by atoms with Crippen molar-refractivity contribution < 1.29 is 4.79 Å². The highest BCUT2D eigenvalue weighted by Crippen LogP contribution is 1.93. The van der Waals surface area contributed by atoms with Crippen LogP contribution in [0.5, 0.6) is 0 Å². The summed E-state index contributed by atoms with van der Waals surface area (Å²) in [6.45, 7) is 0.620. The maximum atomic E-state index is 11.2. The van der Waals surface area contributed by atoms with E-state index in [0.29, 0.717) is 12.2 Å². The van der Waals surface area contributed by atoms with Gasteiger partial charge in [-0.25, -0.2) is 0 Å². The van der Waals surface area contributed by atoms with E-state index in [9.17, 15) is 4.79 Å². The van der Waals surface area contributed by atoms with E-state index in [1.165, 1.54) is 0 Å². The standard InChI is InChI=1S/C7H10BrN3O/c1-11-5-2-6(10-11)7(12)9-4-3-8/h2,5H,3-4H2,1H3,(H,9,12). The number of hydrogen-bond acceptors (Lipinski definition) is 2. The predicted molar refractivity (Wildman–Crippen MR) is 49.3 cm³/mol. The van der Waals surface area contributed by atoms with Gasteiger partial charge in [0, 0.05) is 25.1 Å². The number of nitrogens with zero attached hydrogens (tertiary/aromatic N) is 2. The minimum atomic E-state index is -0.130. The molecular formula is C7H10BrN3O. The van der Waals surface area contributed by atoms with E-state index in [-0.39, 0.29) is 5.91 Å². The first kappa shape index (κ1) is 9.25. The van der Waals surface area contributed by atoms with Crippen LogP contribution in [0, 0.1) is 0 Å². The lowest BCUT2D eigenvalue weighted by molar-refractivity contribution is 0.0950. The monoisotopic (exact) mass is 231 g/mol. The van der Waals surface area contributed by atoms with Crippen LogP contribution in [-0.2, 0) is 7.05 Å². The summed E-state index contributed by atoms with van der Waals surface area (Å²) in [6.07, 6.45) is 1.74. The Bertz CT molecular complexity index is 271. The smallest absolute Gasteiger partial charge is 0.271 e. The molecule has 0 saturated heterocycles. The minimum absolute atomic E-state index is 0.130. The fourth-order valence-corrected chi connectivity index (χ4v) is 0.986. The minimum Gasteiger partial charge on any atom is -0.350 e. The fourth-order valence-electron chi connectivity index (χ4n) is 0.788. The third-order valence-corrected chi connectivity index (χ3v) is 1.72. The Morgan fingerprint density at radius 2 is 2.58 bits per heavy atom. The van der Waals surface area contributed by atoms with Crippen molar-refractivity contribution in [1.82, 2.24) is 15.1 Å². The highest BCUT2D eigenvalue weighted by molar-refractivity contribution is 9.09. The zero-order chi connectivity index (χ0) is 8.97. The lowest BCUT2D eigenvalue weighted by atomic mass is 10.4. The van der Waals surface area contributed by atoms with Gasteiger partial charge >= 0.3 is 0 Å². The van der Waals surface area contributed by atoms with Crippen molar-refractivity contribution in [3.63, 3.8) is 0 Å². The zero-order valence-electron chi connectivity index (χ0n) is 6.75. The molecule has 1 aromatic heterocycles. The molecule has 0 unspecified atom stereocenters. The van der Waals surface area contributed by atoms with E-state index < -0.39 is 0 Å². The Kier molecular flexibility index (Phi) is 3.28. The van der Waals surface area contributed by atoms with Gasteiger partial charge in [-0.1, -0.05) is 15.9 Å². The molecule has 4 nitrogen and oxygen atoms in total. The van der Waals surface area contributed by atoms with E-state index in [1.54, 1.807) is 24.0 Å². The number of carbonyl (C=O) groups is 1. The summed E-state index contributed by atoms with van der Waals surface area (Å²) in [5.74, 6) is -0.130. The molecule has 0 aromatic carbocycles. The van der Waals surface area contributed by atoms with E-state index in [2.05, 4.69) is 26.3 Å². The van der Waals surface area contributed by atoms with E-state index >= 15 is 0 Å². The summed E-state index contributed by atoms with van der Waals surface area (Å²) in [6, 6.07) is 1.68. The second-order valence-electron chi connectivity index (χ2n) is 2.32. The molecule has 1 rings (SSSR count). The second kappa shape index (κ2) is 4.25. The van der Waals surface area contributed by atoms with Gasteiger partial charge in [-0.2, -0.15) is 5.10 Å². The van der Waals surface area contributed by atoms with Crippen LogP contribution in [0.15, 0.2) is 12.3 Å². The highest BCUT2D eigenvalue weighted by atomic mass is 79.9. The van der Waals surface area contributed by atoms with Crippen molar-refractivity contribution in [1.29, 1.82) is 0 Å². The van der Waals surface area contributed by atoms with Gasteiger partial charge in [0.1, 0.15) is 5.69 Å². The first-order valence-electron chi connectivity index (χ1n) is 3.58. The van der Waals surface area contributed by atoms with Gasteiger partial charge in [-0.15, -0.1) is 0 Å². The average molecular weight is 232 g/mol. The zero-order valence-corrected chi connectivity index (χ0v) is 8.34. The third-order valence-electron chi connectivity index (χ3n) is 1.33. The van der Waals surface area contributed by atoms with Crippen molar-refractivity contribution in [2.24, 2.45) is 7.05 Å². The summed E-state index contributed by atoms with van der Waals surface area (Å²) in [7, 11) is 1.78. The topological polar surface area (TPSA) is 46.9 Å². The third kappa shape index (κ3) is 2.34. The van der Waals surface area contributed by atoms with Crippen LogP contribution in [0.1, 0.15) is 10.5 Å². The lowest BCUT2D eigenvalue weighted by Crippen LogP contribution is -2.25. The second-order valence-corrected chi connectivity index (χ2v) is 3.11. The number of halogens is 1. The Morgan fingerprint density at radius 1 is 1.83 bits per heavy atom. The first-order chi connectivity index (χ1) is 5.74. The van der Waals surface area contributed by atoms with Crippen LogP contribution in [0.25, 0.3) is 0 Å². The molecule has 0 saturated carbocycles. The predicted octanol–water partition coefficient (Wildman–Crippen LogP) is 0.545. The van der Waals surface area contributed by atoms with Crippen molar-refractivity contribution in [2.75, 3.05) is 11.9 Å². The number of amides is 1. The van der Waals surface area contributed by atoms with Crippen molar-refractivity contribution in [3.8, 4) is 0 Å². The normalized spacial score (nSPS) is 9.83. The van der Waals surface area contributed by atoms with Gasteiger partial charge in [0.2, 0.25) is 0 Å². The van der Waals surface area contributed by atoms with Crippen LogP contribution in [-0.4, -0.2) is 27.6 Å². The number of nitrogens with one attached hydrogen (secondary N) is 1. The molecule has 0 atom stereocenters. The van der Waals surface area contributed by atoms with E-state index in [4.69, 9.17) is 0 Å². The maximum absolute atomic E-state index is 11.2. The summed E-state index contributed by atoms with van der Waals surface area (Å²) in [4.78, 5) is 11.2. The van der Waals surface area contributed by atoms with Crippen LogP contribution in [0.2, 0.25) is 0 Å². The quantitative estimate of drug-likeness (QED) is 0.773. The molecule has 0 bridgehead atoms. The molecule has 0 aliphatic heterocycles. The SMILES string of the molecule is Cn1ccc(C(=O)NCCBr)n1. The molecule has 0 spiro atoms. The van der Waals surface area contributed by atoms with Crippen molar-refractivity contribution in [3.05, 3.63) is 18.0 Å². The Labute approximate surface area is 79.1 Å². The number of aryl methyl sites for hydroxylation is 1. The van der Waals surface area contributed by atoms with Gasteiger partial charge < -0.3 is 5.32 Å². The van der Waals surface area contributed by atoms with Crippen LogP contribution < -0.4 is 5.32 Å². The number of aromatic nitrogens is 2. The molecule has 12 heavy (non-hydrogen) atoms. The molecule has 0 aliphatic rings. The number of carbonyl (C=O) groups excluding carboxylic acids is 1. The van der Waals surface area contributed by atoms with Crippen LogP contribution in [0.3, 0.4) is 0 Å². The van der Waals surface area contributed by atoms with Crippen molar-refractivity contribution in [2.45, 2.75) is 0 Å². The summed E-state index contributed by atoms with van der Waals surface area (Å²) < 4.78 is 1.60. The summed E-state index contributed by atoms with van der Waals surface area (Å²) in [5.41, 5.74) is 0.457. The number of rotatable bonds is 3. The Balaban J connectivity index is 2.53. The van der Waals surface area contributed by atoms with Crippen LogP contribution >= 0.6 is 15.9 Å². The molecule has 66 valence electrons. The van der Waals surface area contributed by atoms with Gasteiger partial charge in [-0.3, -0.25) is 9.48 Å². The van der Waals surface area contributed by atoms with Gasteiger partial charge in [0.15, 0.2) is 0 Å². The van der Waals surface area contributed by atoms with Gasteiger partial charge in [0.25, 0.3) is 5.91 Å². The summed E-state index contributed by atoms with van der Waals surface area (Å²) >= 11 is 3.22. The van der Waals surface area contributed by atoms with E-state index in [0.717, 1.165) is 5.33 Å². The molecule has 0 aliphatic carbocycles. The molecule has 5 heteroatoms. The number of hydrogen-bond donors (Lipinski definition) is 1. The fraction of sp³-hybridized carbons (Fsp3) is 0.429. The van der Waals surface area contributed by atoms with Gasteiger partial charge in [-0.05, 0) is 6.07 Å². The summed E-state index contributed by atoms with van der Waals surface area (Å²) in [5, 5.41) is 7.41. The van der Waals surface area contributed by atoms with Crippen LogP contribution in [0.4, 0.5) is 0 Å². The average Bonchev–Trinajstić information content (AvgIpc) is 2.47. The maximum Gasteiger partial charge on any atom is 0.271 e.